The zero-order valence-electron chi connectivity index (χ0n) is 17.8. The summed E-state index contributed by atoms with van der Waals surface area (Å²) in [6, 6.07) is -1.16. The number of carboxylic acids is 4. The molecule has 0 bridgehead atoms. The first-order valence-electron chi connectivity index (χ1n) is 9.91. The summed E-state index contributed by atoms with van der Waals surface area (Å²) < 4.78 is 0. The van der Waals surface area contributed by atoms with Crippen molar-refractivity contribution in [3.63, 3.8) is 0 Å². The number of hydrogen-bond donors (Lipinski definition) is 7. The third-order valence-corrected chi connectivity index (χ3v) is 5.67. The summed E-state index contributed by atoms with van der Waals surface area (Å²) in [4.78, 5) is 44.9. The minimum absolute atomic E-state index is 0.0426. The Morgan fingerprint density at radius 3 is 1.66 bits per heavy atom. The molecule has 14 heteroatoms. The number of carboxylic acid groups (broad SMARTS) is 4. The van der Waals surface area contributed by atoms with Crippen LogP contribution in [0.15, 0.2) is 15.3 Å². The molecule has 0 heterocycles. The Morgan fingerprint density at radius 1 is 0.781 bits per heavy atom. The first kappa shape index (κ1) is 28.7. The summed E-state index contributed by atoms with van der Waals surface area (Å²) in [6.45, 7) is 1.63. The van der Waals surface area contributed by atoms with Gasteiger partial charge in [0.25, 0.3) is 0 Å². The van der Waals surface area contributed by atoms with E-state index < -0.39 is 66.2 Å². The van der Waals surface area contributed by atoms with E-state index in [0.717, 1.165) is 0 Å². The summed E-state index contributed by atoms with van der Waals surface area (Å²) in [5.74, 6) is -6.33. The molecule has 0 saturated carbocycles. The summed E-state index contributed by atoms with van der Waals surface area (Å²) in [7, 11) is 0. The van der Waals surface area contributed by atoms with Gasteiger partial charge in [0.05, 0.1) is 35.9 Å². The maximum absolute atomic E-state index is 11.5. The van der Waals surface area contributed by atoms with E-state index in [1.54, 1.807) is 6.92 Å². The van der Waals surface area contributed by atoms with E-state index in [0.29, 0.717) is 0 Å². The van der Waals surface area contributed by atoms with Crippen LogP contribution in [-0.2, 0) is 19.2 Å². The van der Waals surface area contributed by atoms with E-state index in [9.17, 15) is 29.4 Å². The second kappa shape index (κ2) is 13.2. The van der Waals surface area contributed by atoms with Crippen LogP contribution in [0.25, 0.3) is 0 Å². The van der Waals surface area contributed by atoms with Crippen LogP contribution in [0, 0.1) is 22.5 Å². The highest BCUT2D eigenvalue weighted by molar-refractivity contribution is 5.73. The highest BCUT2D eigenvalue weighted by Crippen LogP contribution is 2.36. The Balaban J connectivity index is 5.70. The SMILES string of the molecule is CCC(CCC(CCC(N=N)C(CCC(=O)O)C(=O)O)(CC(=O)O)N=N)(CC(=O)O)N=N. The number of aliphatic carboxylic acids is 4. The Hall–Kier alpha value is -3.32. The summed E-state index contributed by atoms with van der Waals surface area (Å²) in [6.07, 6.45) is -2.08. The minimum atomic E-state index is -1.55. The van der Waals surface area contributed by atoms with E-state index in [1.807, 2.05) is 0 Å². The highest BCUT2D eigenvalue weighted by Gasteiger charge is 2.40. The lowest BCUT2D eigenvalue weighted by molar-refractivity contribution is -0.144. The molecule has 0 aliphatic rings. The van der Waals surface area contributed by atoms with Crippen LogP contribution in [-0.4, -0.2) is 61.4 Å². The van der Waals surface area contributed by atoms with Crippen LogP contribution in [0.3, 0.4) is 0 Å². The molecule has 0 rings (SSSR count). The van der Waals surface area contributed by atoms with Crippen molar-refractivity contribution < 1.29 is 39.6 Å². The van der Waals surface area contributed by atoms with Gasteiger partial charge in [-0.05, 0) is 38.5 Å². The van der Waals surface area contributed by atoms with Crippen molar-refractivity contribution in [3.8, 4) is 0 Å². The largest absolute Gasteiger partial charge is 0.481 e. The van der Waals surface area contributed by atoms with Gasteiger partial charge in [-0.3, -0.25) is 19.2 Å². The lowest BCUT2D eigenvalue weighted by atomic mass is 9.77. The summed E-state index contributed by atoms with van der Waals surface area (Å²) >= 11 is 0. The molecule has 0 fully saturated rings. The van der Waals surface area contributed by atoms with Gasteiger partial charge in [0.1, 0.15) is 0 Å². The van der Waals surface area contributed by atoms with Crippen molar-refractivity contribution in [2.75, 3.05) is 0 Å². The predicted molar refractivity (Wildman–Crippen MR) is 106 cm³/mol. The van der Waals surface area contributed by atoms with Crippen LogP contribution in [0.2, 0.25) is 0 Å². The van der Waals surface area contributed by atoms with Gasteiger partial charge in [-0.15, -0.1) is 0 Å². The van der Waals surface area contributed by atoms with Crippen LogP contribution in [0.4, 0.5) is 0 Å². The molecule has 32 heavy (non-hydrogen) atoms. The second-order valence-corrected chi connectivity index (χ2v) is 7.78. The van der Waals surface area contributed by atoms with E-state index >= 15 is 0 Å². The van der Waals surface area contributed by atoms with Crippen LogP contribution < -0.4 is 0 Å². The van der Waals surface area contributed by atoms with Gasteiger partial charge >= 0.3 is 23.9 Å². The molecule has 0 aromatic carbocycles. The molecule has 0 saturated heterocycles. The molecule has 0 amide bonds. The van der Waals surface area contributed by atoms with Crippen LogP contribution in [0.1, 0.15) is 64.7 Å². The molecule has 0 spiro atoms. The Morgan fingerprint density at radius 2 is 1.28 bits per heavy atom. The zero-order valence-corrected chi connectivity index (χ0v) is 17.8. The fourth-order valence-corrected chi connectivity index (χ4v) is 3.58. The fraction of sp³-hybridized carbons (Fsp3) is 0.778. The highest BCUT2D eigenvalue weighted by atomic mass is 16.4. The number of nitrogens with zero attached hydrogens (tertiary/aromatic N) is 3. The molecule has 4 atom stereocenters. The van der Waals surface area contributed by atoms with Crippen LogP contribution >= 0.6 is 0 Å². The van der Waals surface area contributed by atoms with Crippen molar-refractivity contribution in [2.45, 2.75) is 81.8 Å². The maximum atomic E-state index is 11.5. The molecule has 14 nitrogen and oxygen atoms in total. The van der Waals surface area contributed by atoms with Gasteiger partial charge in [-0.2, -0.15) is 15.3 Å². The van der Waals surface area contributed by atoms with Crippen molar-refractivity contribution in [1.29, 1.82) is 16.6 Å². The quantitative estimate of drug-likeness (QED) is 0.141. The van der Waals surface area contributed by atoms with Gasteiger partial charge in [0, 0.05) is 6.42 Å². The molecule has 0 aromatic rings. The molecule has 0 aliphatic heterocycles. The molecule has 0 aliphatic carbocycles. The Kier molecular flexibility index (Phi) is 11.8. The Labute approximate surface area is 183 Å². The van der Waals surface area contributed by atoms with Crippen LogP contribution in [0.5, 0.6) is 0 Å². The van der Waals surface area contributed by atoms with Gasteiger partial charge in [0.2, 0.25) is 0 Å². The molecule has 0 aromatic heterocycles. The van der Waals surface area contributed by atoms with Crippen molar-refractivity contribution in [3.05, 3.63) is 0 Å². The van der Waals surface area contributed by atoms with Gasteiger partial charge in [-0.1, -0.05) is 6.92 Å². The fourth-order valence-electron chi connectivity index (χ4n) is 3.58. The number of carbonyl (C=O) groups is 4. The zero-order chi connectivity index (χ0) is 24.9. The average Bonchev–Trinajstić information content (AvgIpc) is 2.71. The van der Waals surface area contributed by atoms with Gasteiger partial charge in [-0.25, -0.2) is 16.6 Å². The first-order valence-corrected chi connectivity index (χ1v) is 9.91. The summed E-state index contributed by atoms with van der Waals surface area (Å²) in [5.41, 5.74) is 19.5. The monoisotopic (exact) mass is 458 g/mol. The van der Waals surface area contributed by atoms with E-state index in [4.69, 9.17) is 26.8 Å². The predicted octanol–water partition coefficient (Wildman–Crippen LogP) is 3.41. The van der Waals surface area contributed by atoms with Crippen molar-refractivity contribution >= 4 is 23.9 Å². The normalized spacial score (nSPS) is 16.5. The standard InChI is InChI=1S/C18H30N6O8/c1-2-17(23-20,9-14(27)28)7-8-18(24-21,10-15(29)30)6-5-12(22-19)11(16(31)32)3-4-13(25)26/h11-12,19-21H,2-10H2,1H3,(H,25,26)(H,27,28)(H,29,30)(H,31,32). The average molecular weight is 458 g/mol. The minimum Gasteiger partial charge on any atom is -0.481 e. The third-order valence-electron chi connectivity index (χ3n) is 5.67. The first-order chi connectivity index (χ1) is 14.9. The van der Waals surface area contributed by atoms with E-state index in [-0.39, 0.29) is 38.5 Å². The molecule has 4 unspecified atom stereocenters. The van der Waals surface area contributed by atoms with Crippen molar-refractivity contribution in [1.82, 2.24) is 0 Å². The van der Waals surface area contributed by atoms with E-state index in [1.165, 1.54) is 0 Å². The Bertz CT molecular complexity index is 732. The number of rotatable bonds is 19. The molecular weight excluding hydrogens is 428 g/mol. The van der Waals surface area contributed by atoms with Gasteiger partial charge in [0.15, 0.2) is 0 Å². The topological polar surface area (TPSA) is 258 Å². The number of hydrogen-bond acceptors (Lipinski definition) is 10. The molecule has 0 radical (unpaired) electrons. The molecule has 180 valence electrons. The van der Waals surface area contributed by atoms with Gasteiger partial charge < -0.3 is 20.4 Å². The smallest absolute Gasteiger partial charge is 0.308 e. The number of nitrogens with one attached hydrogen (secondary N) is 3. The maximum Gasteiger partial charge on any atom is 0.308 e. The summed E-state index contributed by atoms with van der Waals surface area (Å²) in [5, 5.41) is 46.8. The molecule has 7 N–H and O–H groups in total. The third kappa shape index (κ3) is 9.22. The lowest BCUT2D eigenvalue weighted by Crippen LogP contribution is -2.37. The molecular formula is C18H30N6O8. The van der Waals surface area contributed by atoms with E-state index in [2.05, 4.69) is 15.3 Å². The van der Waals surface area contributed by atoms with Crippen molar-refractivity contribution in [2.24, 2.45) is 21.3 Å². The second-order valence-electron chi connectivity index (χ2n) is 7.78. The lowest BCUT2D eigenvalue weighted by Gasteiger charge is -2.33.